The number of methoxy groups -OCH3 is 8. The third kappa shape index (κ3) is 42.6. The number of amides is 2. The molecular formula is C58H102F3NO20S. The molecule has 0 spiro atoms. The second kappa shape index (κ2) is 44.6. The molecule has 0 aromatic rings. The predicted molar refractivity (Wildman–Crippen MR) is 310 cm³/mol. The Morgan fingerprint density at radius 1 is 0.735 bits per heavy atom. The van der Waals surface area contributed by atoms with Crippen molar-refractivity contribution in [2.24, 2.45) is 16.7 Å². The summed E-state index contributed by atoms with van der Waals surface area (Å²) in [5.41, 5.74) is -0.0735. The maximum Gasteiger partial charge on any atom is 0.422 e. The van der Waals surface area contributed by atoms with Crippen LogP contribution in [0.5, 0.6) is 0 Å². The van der Waals surface area contributed by atoms with Crippen LogP contribution in [0.4, 0.5) is 13.2 Å². The predicted octanol–water partition coefficient (Wildman–Crippen LogP) is 7.42. The van der Waals surface area contributed by atoms with Gasteiger partial charge in [-0.2, -0.15) is 25.8 Å². The number of epoxide rings is 5. The fourth-order valence-corrected chi connectivity index (χ4v) is 6.19. The van der Waals surface area contributed by atoms with Crippen LogP contribution in [0, 0.1) is 16.7 Å². The topological polar surface area (TPSA) is 244 Å². The van der Waals surface area contributed by atoms with Gasteiger partial charge < -0.3 is 71.1 Å². The van der Waals surface area contributed by atoms with E-state index in [2.05, 4.69) is 88.1 Å². The Kier molecular flexibility index (Phi) is 44.8. The highest BCUT2D eigenvalue weighted by Crippen LogP contribution is 2.39. The van der Waals surface area contributed by atoms with Crippen LogP contribution in [-0.4, -0.2) is 232 Å². The fourth-order valence-electron chi connectivity index (χ4n) is 6.19. The van der Waals surface area contributed by atoms with Crippen LogP contribution >= 0.6 is 12.6 Å². The van der Waals surface area contributed by atoms with Crippen LogP contribution in [0.25, 0.3) is 0 Å². The maximum atomic E-state index is 11.5. The molecule has 7 saturated heterocycles. The molecule has 8 aliphatic heterocycles. The van der Waals surface area contributed by atoms with Gasteiger partial charge >= 0.3 is 24.1 Å². The lowest BCUT2D eigenvalue weighted by molar-refractivity contribution is -0.148. The summed E-state index contributed by atoms with van der Waals surface area (Å²) in [6, 6.07) is 0. The molecule has 0 radical (unpaired) electrons. The second-order valence-electron chi connectivity index (χ2n) is 21.0. The van der Waals surface area contributed by atoms with Gasteiger partial charge in [-0.25, -0.2) is 14.4 Å². The normalized spacial score (nSPS) is 24.8. The molecule has 0 bridgehead atoms. The van der Waals surface area contributed by atoms with Crippen LogP contribution in [-0.2, 0) is 95.0 Å². The third-order valence-electron chi connectivity index (χ3n) is 12.4. The molecule has 0 N–H and O–H groups in total. The molecule has 21 nitrogen and oxygen atoms in total. The van der Waals surface area contributed by atoms with Gasteiger partial charge in [0.15, 0.2) is 0 Å². The van der Waals surface area contributed by atoms with Crippen LogP contribution in [0.2, 0.25) is 0 Å². The van der Waals surface area contributed by atoms with E-state index >= 15 is 0 Å². The van der Waals surface area contributed by atoms with E-state index in [9.17, 15) is 37.1 Å². The van der Waals surface area contributed by atoms with Gasteiger partial charge in [-0.3, -0.25) is 14.5 Å². The number of halogens is 3. The summed E-state index contributed by atoms with van der Waals surface area (Å²) in [5.74, 6) is -1.90. The zero-order valence-corrected chi connectivity index (χ0v) is 53.7. The van der Waals surface area contributed by atoms with Gasteiger partial charge in [-0.1, -0.05) is 33.6 Å². The third-order valence-corrected chi connectivity index (χ3v) is 12.4. The number of hydrogen-bond acceptors (Lipinski definition) is 21. The average Bonchev–Trinajstić information content (AvgIpc) is 4.14. The molecule has 25 heteroatoms. The van der Waals surface area contributed by atoms with Gasteiger partial charge in [0, 0.05) is 83.8 Å². The summed E-state index contributed by atoms with van der Waals surface area (Å²) in [7, 11) is 13.6. The summed E-state index contributed by atoms with van der Waals surface area (Å²) in [5, 5.41) is 0. The Bertz CT molecular complexity index is 1860. The number of alkyl halides is 3. The first-order valence-electron chi connectivity index (χ1n) is 26.9. The van der Waals surface area contributed by atoms with E-state index in [1.54, 1.807) is 48.7 Å². The molecule has 8 heterocycles. The number of ether oxygens (including phenoxy) is 15. The lowest BCUT2D eigenvalue weighted by Crippen LogP contribution is -2.45. The van der Waals surface area contributed by atoms with E-state index in [1.165, 1.54) is 59.1 Å². The minimum absolute atomic E-state index is 0.0781. The summed E-state index contributed by atoms with van der Waals surface area (Å²) >= 11 is 3.53. The number of carbonyl (C=O) groups excluding carboxylic acids is 5. The molecule has 1 saturated carbocycles. The van der Waals surface area contributed by atoms with Crippen molar-refractivity contribution in [3.8, 4) is 0 Å². The quantitative estimate of drug-likeness (QED) is 0.0444. The van der Waals surface area contributed by atoms with Gasteiger partial charge in [-0.15, -0.1) is 0 Å². The first-order valence-corrected chi connectivity index (χ1v) is 27.7. The van der Waals surface area contributed by atoms with Gasteiger partial charge in [0.1, 0.15) is 17.3 Å². The monoisotopic (exact) mass is 1220 g/mol. The summed E-state index contributed by atoms with van der Waals surface area (Å²) < 4.78 is 107. The van der Waals surface area contributed by atoms with Gasteiger partial charge in [0.25, 0.3) is 11.8 Å². The Balaban J connectivity index is -0.000000851. The molecule has 8 fully saturated rings. The van der Waals surface area contributed by atoms with E-state index in [4.69, 9.17) is 56.8 Å². The number of imide groups is 1. The number of hydrogen-bond donors (Lipinski definition) is 1. The van der Waals surface area contributed by atoms with Gasteiger partial charge in [0.2, 0.25) is 0 Å². The van der Waals surface area contributed by atoms with Crippen molar-refractivity contribution in [2.45, 2.75) is 129 Å². The molecule has 9 rings (SSSR count). The highest BCUT2D eigenvalue weighted by Gasteiger charge is 2.44. The summed E-state index contributed by atoms with van der Waals surface area (Å²) in [6.07, 6.45) is 8.33. The number of likely N-dealkylation sites (N-methyl/N-ethyl adjacent to an activating group) is 1. The van der Waals surface area contributed by atoms with E-state index in [1.807, 2.05) is 6.92 Å². The number of nitrogens with zero attached hydrogens (tertiary/aromatic N) is 1. The largest absolute Gasteiger partial charge is 0.466 e. The van der Waals surface area contributed by atoms with Crippen molar-refractivity contribution >= 4 is 42.4 Å². The minimum atomic E-state index is -4.69. The molecule has 7 unspecified atom stereocenters. The number of fused-ring (bicyclic) bond motifs is 1. The number of rotatable bonds is 14. The van der Waals surface area contributed by atoms with E-state index < -0.39 is 23.7 Å². The Hall–Kier alpha value is -3.83. The van der Waals surface area contributed by atoms with Crippen molar-refractivity contribution in [2.75, 3.05) is 149 Å². The summed E-state index contributed by atoms with van der Waals surface area (Å²) in [4.78, 5) is 52.0. The average molecular weight is 1220 g/mol. The molecule has 2 amide bonds. The summed E-state index contributed by atoms with van der Waals surface area (Å²) in [6.45, 7) is 35.7. The molecule has 0 aromatic heterocycles. The van der Waals surface area contributed by atoms with Crippen LogP contribution in [0.15, 0.2) is 49.1 Å². The SMILES string of the molecule is C=C(C(=O)OC)C(F)(F)F.C=C(C)C(=O)OC.C=CC(=O)OC.CC1CO1.CC1OC1(C)C.CCC1(COC)COC1.CN1C(=O)C=CC1=O.COCC1(C)CO1.COCC1(C)COC1.COCC1CCC2OC2C1.COCC1CO1.CS. The van der Waals surface area contributed by atoms with Crippen molar-refractivity contribution in [1.29, 1.82) is 0 Å². The van der Waals surface area contributed by atoms with Crippen molar-refractivity contribution in [3.05, 3.63) is 49.1 Å². The lowest BCUT2D eigenvalue weighted by Gasteiger charge is -2.39. The van der Waals surface area contributed by atoms with E-state index in [-0.39, 0.29) is 29.0 Å². The Morgan fingerprint density at radius 3 is 1.35 bits per heavy atom. The first kappa shape index (κ1) is 83.4. The Labute approximate surface area is 498 Å². The number of carbonyl (C=O) groups is 5. The van der Waals surface area contributed by atoms with E-state index in [0.717, 1.165) is 103 Å². The van der Waals surface area contributed by atoms with Gasteiger partial charge in [0.05, 0.1) is 124 Å². The van der Waals surface area contributed by atoms with Crippen molar-refractivity contribution in [3.63, 3.8) is 0 Å². The zero-order valence-electron chi connectivity index (χ0n) is 52.8. The van der Waals surface area contributed by atoms with Crippen molar-refractivity contribution in [1.82, 2.24) is 4.90 Å². The van der Waals surface area contributed by atoms with Crippen LogP contribution in [0.3, 0.4) is 0 Å². The smallest absolute Gasteiger partial charge is 0.422 e. The minimum Gasteiger partial charge on any atom is -0.466 e. The molecule has 0 aromatic carbocycles. The van der Waals surface area contributed by atoms with E-state index in [0.29, 0.717) is 46.9 Å². The molecule has 9 aliphatic rings. The first-order chi connectivity index (χ1) is 38.8. The van der Waals surface area contributed by atoms with Crippen molar-refractivity contribution < 1.29 is 108 Å². The maximum absolute atomic E-state index is 11.5. The van der Waals surface area contributed by atoms with Crippen LogP contribution < -0.4 is 0 Å². The number of thiol groups is 1. The highest BCUT2D eigenvalue weighted by molar-refractivity contribution is 7.79. The molecule has 486 valence electrons. The second-order valence-corrected chi connectivity index (χ2v) is 21.0. The molecule has 1 aliphatic carbocycles. The molecule has 83 heavy (non-hydrogen) atoms. The lowest BCUT2D eigenvalue weighted by atomic mass is 9.84. The Morgan fingerprint density at radius 2 is 1.19 bits per heavy atom. The molecular weight excluding hydrogens is 1120 g/mol. The fraction of sp³-hybridized carbons (Fsp3) is 0.776. The standard InChI is InChI=1S/C8H14O2.C7H14O2.C6H12O2.C5H5F3O2.C5H5NO2.C5H10O2.C5H8O2.C5H10O.C4H8O2.C4H6O2.C3H6O.CH4S/c1-9-5-6-2-3-7-8(4-6)10-7;1-3-7(4-8-2)5-9-6-7;1-6(3-7-2)4-8-5-6;1-3(4(9)10-2)5(6,7)8;1-6-4(7)2-3-5(6)8;1-5(3-6-2)4-7-5;1-4(2)5(6)7-3;1-4-5(2,3)6-4;1-5-2-4-3-6-4;1-3-4(5)6-2;1-3-2-4-3;1-2/h6-8H,2-5H2,1H3;3-6H2,1-2H3;3-5H2,1-2H3;1H2,2H3;2-3H,1H3;3-4H2,1-2H3;1H2,2-3H3;4H,1-3H3;4H,2-3H2,1H3;3H,1H2,2H3;3H,2H2,1H3;2H,1H3. The zero-order chi connectivity index (χ0) is 64.6. The van der Waals surface area contributed by atoms with Crippen LogP contribution in [0.1, 0.15) is 81.1 Å². The number of esters is 3. The highest BCUT2D eigenvalue weighted by atomic mass is 32.1. The molecule has 7 atom stereocenters. The van der Waals surface area contributed by atoms with Gasteiger partial charge in [-0.05, 0) is 79.4 Å².